The van der Waals surface area contributed by atoms with E-state index in [9.17, 15) is 9.59 Å². The first-order chi connectivity index (χ1) is 14.7. The van der Waals surface area contributed by atoms with Crippen LogP contribution in [0.2, 0.25) is 0 Å². The molecule has 4 heterocycles. The fourth-order valence-electron chi connectivity index (χ4n) is 3.86. The second-order valence-corrected chi connectivity index (χ2v) is 9.17. The van der Waals surface area contributed by atoms with Crippen molar-refractivity contribution in [3.05, 3.63) is 51.6 Å². The lowest BCUT2D eigenvalue weighted by atomic mass is 10.2. The largest absolute Gasteiger partial charge is 0.312 e. The molecule has 5 rings (SSSR count). The van der Waals surface area contributed by atoms with Crippen molar-refractivity contribution in [2.45, 2.75) is 43.6 Å². The molecule has 0 atom stereocenters. The molecule has 1 aliphatic rings. The van der Waals surface area contributed by atoms with Crippen molar-refractivity contribution in [3.63, 3.8) is 0 Å². The minimum atomic E-state index is 0.00495. The maximum Gasteiger partial charge on any atom is 0.272 e. The molecule has 7 nitrogen and oxygen atoms in total. The minimum Gasteiger partial charge on any atom is -0.312 e. The van der Waals surface area contributed by atoms with Gasteiger partial charge in [0.25, 0.3) is 5.56 Å². The number of carbonyl (C=O) groups excluding carboxylic acids is 1. The second-order valence-electron chi connectivity index (χ2n) is 7.31. The lowest BCUT2D eigenvalue weighted by Gasteiger charge is -2.15. The molecule has 1 fully saturated rings. The molecule has 0 saturated carbocycles. The number of rotatable bonds is 6. The highest BCUT2D eigenvalue weighted by atomic mass is 32.2. The first kappa shape index (κ1) is 19.3. The molecule has 0 bridgehead atoms. The predicted octanol–water partition coefficient (Wildman–Crippen LogP) is 3.93. The molecule has 3 aromatic heterocycles. The average molecular weight is 440 g/mol. The summed E-state index contributed by atoms with van der Waals surface area (Å²) < 4.78 is 4.44. The summed E-state index contributed by atoms with van der Waals surface area (Å²) in [7, 11) is 0. The van der Waals surface area contributed by atoms with Gasteiger partial charge in [-0.3, -0.25) is 18.6 Å². The van der Waals surface area contributed by atoms with Crippen LogP contribution in [0.4, 0.5) is 5.69 Å². The Balaban J connectivity index is 1.43. The van der Waals surface area contributed by atoms with E-state index in [-0.39, 0.29) is 11.5 Å². The second kappa shape index (κ2) is 7.88. The molecule has 9 heteroatoms. The van der Waals surface area contributed by atoms with E-state index in [1.807, 2.05) is 39.8 Å². The molecule has 0 N–H and O–H groups in total. The third kappa shape index (κ3) is 3.22. The molecular weight excluding hydrogens is 418 g/mol. The Morgan fingerprint density at radius 2 is 1.97 bits per heavy atom. The first-order valence-corrected chi connectivity index (χ1v) is 11.9. The molecule has 1 aromatic carbocycles. The summed E-state index contributed by atoms with van der Waals surface area (Å²) in [6, 6.07) is 10.1. The van der Waals surface area contributed by atoms with Crippen molar-refractivity contribution in [1.82, 2.24) is 19.2 Å². The van der Waals surface area contributed by atoms with Crippen molar-refractivity contribution >= 4 is 50.7 Å². The van der Waals surface area contributed by atoms with Gasteiger partial charge in [-0.1, -0.05) is 30.8 Å². The van der Waals surface area contributed by atoms with E-state index in [0.717, 1.165) is 51.8 Å². The highest BCUT2D eigenvalue weighted by molar-refractivity contribution is 7.98. The fraction of sp³-hybridized carbons (Fsp3) is 0.333. The Morgan fingerprint density at radius 3 is 2.70 bits per heavy atom. The van der Waals surface area contributed by atoms with Gasteiger partial charge < -0.3 is 4.90 Å². The number of amides is 1. The number of thiophene rings is 1. The molecule has 0 spiro atoms. The van der Waals surface area contributed by atoms with Gasteiger partial charge in [-0.25, -0.2) is 0 Å². The fourth-order valence-corrected chi connectivity index (χ4v) is 5.58. The van der Waals surface area contributed by atoms with E-state index in [1.165, 1.54) is 11.3 Å². The molecule has 4 aromatic rings. The molecule has 0 aliphatic carbocycles. The zero-order chi connectivity index (χ0) is 20.7. The van der Waals surface area contributed by atoms with Crippen LogP contribution in [0.1, 0.15) is 31.7 Å². The van der Waals surface area contributed by atoms with Gasteiger partial charge in [0, 0.05) is 31.0 Å². The summed E-state index contributed by atoms with van der Waals surface area (Å²) in [5.41, 5.74) is 2.98. The zero-order valence-corrected chi connectivity index (χ0v) is 18.2. The van der Waals surface area contributed by atoms with E-state index in [0.29, 0.717) is 18.7 Å². The number of benzene rings is 1. The molecule has 30 heavy (non-hydrogen) atoms. The summed E-state index contributed by atoms with van der Waals surface area (Å²) in [6.45, 7) is 3.47. The van der Waals surface area contributed by atoms with Crippen LogP contribution in [-0.4, -0.2) is 31.6 Å². The van der Waals surface area contributed by atoms with Crippen LogP contribution in [-0.2, 0) is 17.1 Å². The van der Waals surface area contributed by atoms with E-state index in [2.05, 4.69) is 22.3 Å². The van der Waals surface area contributed by atoms with Crippen molar-refractivity contribution in [2.75, 3.05) is 11.4 Å². The van der Waals surface area contributed by atoms with Crippen molar-refractivity contribution in [2.24, 2.45) is 0 Å². The van der Waals surface area contributed by atoms with Gasteiger partial charge in [-0.2, -0.15) is 0 Å². The molecule has 1 saturated heterocycles. The standard InChI is InChI=1S/C21H21N5O2S2/c1-2-10-25-19(28)18-16(9-12-29-18)26-20(25)22-23-21(26)30-13-14-5-7-15(8-6-14)24-11-3-4-17(24)27/h5-9,12H,2-4,10-11,13H2,1H3. The summed E-state index contributed by atoms with van der Waals surface area (Å²) in [4.78, 5) is 26.6. The Hall–Kier alpha value is -2.65. The Kier molecular flexibility index (Phi) is 5.08. The maximum atomic E-state index is 12.8. The lowest BCUT2D eigenvalue weighted by molar-refractivity contribution is -0.117. The van der Waals surface area contributed by atoms with Gasteiger partial charge in [0.05, 0.1) is 5.52 Å². The van der Waals surface area contributed by atoms with Crippen LogP contribution >= 0.6 is 23.1 Å². The molecule has 1 amide bonds. The van der Waals surface area contributed by atoms with Gasteiger partial charge in [0.15, 0.2) is 5.16 Å². The predicted molar refractivity (Wildman–Crippen MR) is 121 cm³/mol. The molecule has 0 unspecified atom stereocenters. The highest BCUT2D eigenvalue weighted by Gasteiger charge is 2.21. The van der Waals surface area contributed by atoms with Gasteiger partial charge in [-0.15, -0.1) is 21.5 Å². The van der Waals surface area contributed by atoms with Crippen LogP contribution in [0.3, 0.4) is 0 Å². The van der Waals surface area contributed by atoms with Gasteiger partial charge in [0.2, 0.25) is 11.7 Å². The van der Waals surface area contributed by atoms with Crippen LogP contribution in [0, 0.1) is 0 Å². The third-order valence-corrected chi connectivity index (χ3v) is 7.21. The number of carbonyl (C=O) groups is 1. The number of hydrogen-bond acceptors (Lipinski definition) is 6. The van der Waals surface area contributed by atoms with Crippen LogP contribution in [0.15, 0.2) is 45.7 Å². The van der Waals surface area contributed by atoms with Crippen molar-refractivity contribution in [1.29, 1.82) is 0 Å². The van der Waals surface area contributed by atoms with Crippen LogP contribution < -0.4 is 10.5 Å². The van der Waals surface area contributed by atoms with Gasteiger partial charge in [-0.05, 0) is 42.0 Å². The Bertz CT molecular complexity index is 1290. The SMILES string of the molecule is CCCn1c(=O)c2sccc2n2c(SCc3ccc(N4CCCC4=O)cc3)nnc12. The molecule has 0 radical (unpaired) electrons. The highest BCUT2D eigenvalue weighted by Crippen LogP contribution is 2.28. The monoisotopic (exact) mass is 439 g/mol. The number of nitrogens with zero attached hydrogens (tertiary/aromatic N) is 5. The van der Waals surface area contributed by atoms with Gasteiger partial charge >= 0.3 is 0 Å². The first-order valence-electron chi connectivity index (χ1n) is 10.0. The number of anilines is 1. The van der Waals surface area contributed by atoms with E-state index in [4.69, 9.17) is 0 Å². The molecule has 1 aliphatic heterocycles. The summed E-state index contributed by atoms with van der Waals surface area (Å²) >= 11 is 3.06. The summed E-state index contributed by atoms with van der Waals surface area (Å²) in [6.07, 6.45) is 2.42. The number of thioether (sulfide) groups is 1. The number of aryl methyl sites for hydroxylation is 1. The van der Waals surface area contributed by atoms with E-state index >= 15 is 0 Å². The number of hydrogen-bond donors (Lipinski definition) is 0. The third-order valence-electron chi connectivity index (χ3n) is 5.32. The van der Waals surface area contributed by atoms with Crippen LogP contribution in [0.5, 0.6) is 0 Å². The van der Waals surface area contributed by atoms with Crippen LogP contribution in [0.25, 0.3) is 16.0 Å². The quantitative estimate of drug-likeness (QED) is 0.426. The molecular formula is C21H21N5O2S2. The van der Waals surface area contributed by atoms with Gasteiger partial charge in [0.1, 0.15) is 4.70 Å². The minimum absolute atomic E-state index is 0.00495. The zero-order valence-electron chi connectivity index (χ0n) is 16.6. The Morgan fingerprint density at radius 1 is 1.13 bits per heavy atom. The maximum absolute atomic E-state index is 12.8. The van der Waals surface area contributed by atoms with Crippen molar-refractivity contribution in [3.8, 4) is 0 Å². The number of fused-ring (bicyclic) bond motifs is 3. The summed E-state index contributed by atoms with van der Waals surface area (Å²) in [5, 5.41) is 11.4. The number of aromatic nitrogens is 4. The average Bonchev–Trinajstić information content (AvgIpc) is 3.49. The Labute approximate surface area is 181 Å². The van der Waals surface area contributed by atoms with E-state index < -0.39 is 0 Å². The smallest absolute Gasteiger partial charge is 0.272 e. The van der Waals surface area contributed by atoms with Crippen molar-refractivity contribution < 1.29 is 4.79 Å². The normalized spacial score (nSPS) is 14.4. The summed E-state index contributed by atoms with van der Waals surface area (Å²) in [5.74, 6) is 1.52. The van der Waals surface area contributed by atoms with E-state index in [1.54, 1.807) is 16.3 Å². The topological polar surface area (TPSA) is 72.5 Å². The lowest BCUT2D eigenvalue weighted by Crippen LogP contribution is -2.23. The molecule has 154 valence electrons.